The van der Waals surface area contributed by atoms with E-state index in [4.69, 9.17) is 5.21 Å². The van der Waals surface area contributed by atoms with Gasteiger partial charge in [-0.15, -0.1) is 0 Å². The van der Waals surface area contributed by atoms with Crippen LogP contribution in [0.5, 0.6) is 0 Å². The summed E-state index contributed by atoms with van der Waals surface area (Å²) in [5.74, 6) is -0.552. The maximum atomic E-state index is 11.2. The molecule has 0 aliphatic rings. The maximum absolute atomic E-state index is 11.2. The molecule has 0 heterocycles. The van der Waals surface area contributed by atoms with Gasteiger partial charge in [0.1, 0.15) is 0 Å². The zero-order valence-electron chi connectivity index (χ0n) is 14.7. The van der Waals surface area contributed by atoms with Gasteiger partial charge in [-0.1, -0.05) is 42.5 Å². The topological polar surface area (TPSA) is 64.6 Å². The Hall–Kier alpha value is -2.63. The summed E-state index contributed by atoms with van der Waals surface area (Å²) >= 11 is 0. The van der Waals surface area contributed by atoms with Crippen molar-refractivity contribution in [2.45, 2.75) is 13.0 Å². The molecule has 1 amide bonds. The van der Waals surface area contributed by atoms with E-state index in [0.717, 1.165) is 24.2 Å². The summed E-state index contributed by atoms with van der Waals surface area (Å²) in [6.45, 7) is 1.73. The van der Waals surface area contributed by atoms with Crippen LogP contribution in [0.3, 0.4) is 0 Å². The van der Waals surface area contributed by atoms with E-state index in [1.54, 1.807) is 11.6 Å². The number of rotatable bonds is 8. The second-order valence-electron chi connectivity index (χ2n) is 6.12. The summed E-state index contributed by atoms with van der Waals surface area (Å²) in [5, 5.41) is 12.0. The van der Waals surface area contributed by atoms with E-state index in [0.29, 0.717) is 6.54 Å². The van der Waals surface area contributed by atoms with Crippen LogP contribution >= 0.6 is 0 Å². The number of anilines is 1. The van der Waals surface area contributed by atoms with Crippen LogP contribution in [0.2, 0.25) is 0 Å². The lowest BCUT2D eigenvalue weighted by Crippen LogP contribution is -2.15. The van der Waals surface area contributed by atoms with Crippen molar-refractivity contribution in [3.8, 4) is 0 Å². The van der Waals surface area contributed by atoms with Crippen molar-refractivity contribution >= 4 is 17.7 Å². The molecular weight excluding hydrogens is 314 g/mol. The second-order valence-corrected chi connectivity index (χ2v) is 6.12. The number of carbonyl (C=O) groups is 1. The average molecular weight is 339 g/mol. The molecule has 5 nitrogen and oxygen atoms in total. The van der Waals surface area contributed by atoms with Crippen LogP contribution in [0.25, 0.3) is 6.08 Å². The van der Waals surface area contributed by atoms with Crippen molar-refractivity contribution in [2.75, 3.05) is 26.0 Å². The van der Waals surface area contributed by atoms with Gasteiger partial charge < -0.3 is 10.2 Å². The van der Waals surface area contributed by atoms with Gasteiger partial charge in [-0.3, -0.25) is 10.0 Å². The van der Waals surface area contributed by atoms with Crippen molar-refractivity contribution < 1.29 is 10.0 Å². The highest BCUT2D eigenvalue weighted by Crippen LogP contribution is 2.18. The van der Waals surface area contributed by atoms with E-state index in [1.165, 1.54) is 17.2 Å². The standard InChI is InChI=1S/C20H25N3O2/c1-23(2)13-12-16-6-5-7-17(14-16)15-21-19-9-4-3-8-18(19)10-11-20(24)22-25/h3-11,14,21,25H,12-13,15H2,1-2H3,(H,22,24)/b11-10+. The molecule has 3 N–H and O–H groups in total. The Labute approximate surface area is 148 Å². The van der Waals surface area contributed by atoms with Crippen LogP contribution in [0, 0.1) is 0 Å². The molecule has 0 radical (unpaired) electrons. The SMILES string of the molecule is CN(C)CCc1cccc(CNc2ccccc2/C=C/C(=O)NO)c1. The monoisotopic (exact) mass is 339 g/mol. The molecular formula is C20H25N3O2. The number of hydrogen-bond donors (Lipinski definition) is 3. The second kappa shape index (κ2) is 9.61. The molecule has 0 aliphatic carbocycles. The molecule has 0 bridgehead atoms. The molecule has 2 aromatic carbocycles. The zero-order chi connectivity index (χ0) is 18.1. The number of likely N-dealkylation sites (N-methyl/N-ethyl adjacent to an activating group) is 1. The van der Waals surface area contributed by atoms with Crippen molar-refractivity contribution in [1.82, 2.24) is 10.4 Å². The fourth-order valence-electron chi connectivity index (χ4n) is 2.45. The molecule has 5 heteroatoms. The summed E-state index contributed by atoms with van der Waals surface area (Å²) in [4.78, 5) is 13.3. The first-order valence-electron chi connectivity index (χ1n) is 8.26. The van der Waals surface area contributed by atoms with E-state index >= 15 is 0 Å². The van der Waals surface area contributed by atoms with E-state index < -0.39 is 5.91 Å². The number of amides is 1. The maximum Gasteiger partial charge on any atom is 0.267 e. The predicted molar refractivity (Wildman–Crippen MR) is 101 cm³/mol. The Bertz CT molecular complexity index is 726. The minimum absolute atomic E-state index is 0.552. The van der Waals surface area contributed by atoms with Crippen molar-refractivity contribution in [3.63, 3.8) is 0 Å². The summed E-state index contributed by atoms with van der Waals surface area (Å²) in [7, 11) is 4.15. The molecule has 0 spiro atoms. The van der Waals surface area contributed by atoms with Gasteiger partial charge in [-0.05, 0) is 49.3 Å². The fraction of sp³-hybridized carbons (Fsp3) is 0.250. The first-order chi connectivity index (χ1) is 12.1. The highest BCUT2D eigenvalue weighted by molar-refractivity contribution is 5.91. The van der Waals surface area contributed by atoms with Crippen molar-refractivity contribution in [1.29, 1.82) is 0 Å². The summed E-state index contributed by atoms with van der Waals surface area (Å²) in [5.41, 5.74) is 5.94. The molecule has 132 valence electrons. The summed E-state index contributed by atoms with van der Waals surface area (Å²) < 4.78 is 0. The van der Waals surface area contributed by atoms with Crippen LogP contribution in [0.1, 0.15) is 16.7 Å². The minimum atomic E-state index is -0.552. The number of hydrogen-bond acceptors (Lipinski definition) is 4. The largest absolute Gasteiger partial charge is 0.380 e. The molecule has 2 aromatic rings. The van der Waals surface area contributed by atoms with Gasteiger partial charge in [-0.2, -0.15) is 0 Å². The number of nitrogens with one attached hydrogen (secondary N) is 2. The van der Waals surface area contributed by atoms with E-state index in [-0.39, 0.29) is 0 Å². The zero-order valence-corrected chi connectivity index (χ0v) is 14.7. The van der Waals surface area contributed by atoms with Crippen LogP contribution in [-0.4, -0.2) is 36.7 Å². The van der Waals surface area contributed by atoms with Crippen molar-refractivity contribution in [2.24, 2.45) is 0 Å². The first kappa shape index (κ1) is 18.7. The van der Waals surface area contributed by atoms with Crippen LogP contribution in [0.15, 0.2) is 54.6 Å². The van der Waals surface area contributed by atoms with E-state index in [9.17, 15) is 4.79 Å². The quantitative estimate of drug-likeness (QED) is 0.393. The lowest BCUT2D eigenvalue weighted by atomic mass is 10.1. The molecule has 0 aromatic heterocycles. The number of para-hydroxylation sites is 1. The van der Waals surface area contributed by atoms with Gasteiger partial charge in [0.25, 0.3) is 5.91 Å². The van der Waals surface area contributed by atoms with E-state index in [1.807, 2.05) is 24.3 Å². The third-order valence-electron chi connectivity index (χ3n) is 3.81. The summed E-state index contributed by atoms with van der Waals surface area (Å²) in [6.07, 6.45) is 3.99. The highest BCUT2D eigenvalue weighted by Gasteiger charge is 2.01. The molecule has 0 saturated carbocycles. The first-order valence-corrected chi connectivity index (χ1v) is 8.26. The van der Waals surface area contributed by atoms with Gasteiger partial charge in [0, 0.05) is 24.9 Å². The Kier molecular flexibility index (Phi) is 7.19. The molecule has 0 saturated heterocycles. The Morgan fingerprint density at radius 2 is 1.88 bits per heavy atom. The third-order valence-corrected chi connectivity index (χ3v) is 3.81. The Balaban J connectivity index is 2.03. The normalized spacial score (nSPS) is 11.0. The Morgan fingerprint density at radius 3 is 2.64 bits per heavy atom. The fourth-order valence-corrected chi connectivity index (χ4v) is 2.45. The highest BCUT2D eigenvalue weighted by atomic mass is 16.5. The summed E-state index contributed by atoms with van der Waals surface area (Å²) in [6, 6.07) is 16.3. The third kappa shape index (κ3) is 6.41. The number of nitrogens with zero attached hydrogens (tertiary/aromatic N) is 1. The van der Waals surface area contributed by atoms with Crippen LogP contribution < -0.4 is 10.8 Å². The van der Waals surface area contributed by atoms with E-state index in [2.05, 4.69) is 48.6 Å². The molecule has 2 rings (SSSR count). The lowest BCUT2D eigenvalue weighted by Gasteiger charge is -2.12. The van der Waals surface area contributed by atoms with Crippen LogP contribution in [0.4, 0.5) is 5.69 Å². The van der Waals surface area contributed by atoms with Gasteiger partial charge in [0.15, 0.2) is 0 Å². The molecule has 0 unspecified atom stereocenters. The Morgan fingerprint density at radius 1 is 1.12 bits per heavy atom. The minimum Gasteiger partial charge on any atom is -0.380 e. The van der Waals surface area contributed by atoms with Gasteiger partial charge >= 0.3 is 0 Å². The lowest BCUT2D eigenvalue weighted by molar-refractivity contribution is -0.124. The van der Waals surface area contributed by atoms with Gasteiger partial charge in [0.05, 0.1) is 0 Å². The number of carbonyl (C=O) groups excluding carboxylic acids is 1. The molecule has 0 fully saturated rings. The van der Waals surface area contributed by atoms with Gasteiger partial charge in [0.2, 0.25) is 0 Å². The van der Waals surface area contributed by atoms with Crippen molar-refractivity contribution in [3.05, 3.63) is 71.3 Å². The number of benzene rings is 2. The molecule has 25 heavy (non-hydrogen) atoms. The van der Waals surface area contributed by atoms with Gasteiger partial charge in [-0.25, -0.2) is 5.48 Å². The molecule has 0 atom stereocenters. The average Bonchev–Trinajstić information content (AvgIpc) is 2.63. The predicted octanol–water partition coefficient (Wildman–Crippen LogP) is 2.92. The van der Waals surface area contributed by atoms with Crippen LogP contribution in [-0.2, 0) is 17.8 Å². The number of hydroxylamine groups is 1. The molecule has 0 aliphatic heterocycles. The smallest absolute Gasteiger partial charge is 0.267 e.